The van der Waals surface area contributed by atoms with Gasteiger partial charge >= 0.3 is 12.1 Å². The fourth-order valence-corrected chi connectivity index (χ4v) is 4.29. The second kappa shape index (κ2) is 9.98. The van der Waals surface area contributed by atoms with Crippen LogP contribution in [0.5, 0.6) is 0 Å². The summed E-state index contributed by atoms with van der Waals surface area (Å²) in [6.07, 6.45) is -0.288. The molecule has 2 amide bonds. The Morgan fingerprint density at radius 1 is 1.09 bits per heavy atom. The SMILES string of the molecule is CO[C@H](C)[C@H](NC(=O)OCC1c2ccccc2-c2ccccc21)C(=O)Nc1cnn(C)c1C(=O)O. The summed E-state index contributed by atoms with van der Waals surface area (Å²) in [4.78, 5) is 37.1. The first-order valence-electron chi connectivity index (χ1n) is 11.0. The first-order chi connectivity index (χ1) is 16.8. The van der Waals surface area contributed by atoms with E-state index in [1.54, 1.807) is 6.92 Å². The van der Waals surface area contributed by atoms with Gasteiger partial charge < -0.3 is 25.2 Å². The van der Waals surface area contributed by atoms with E-state index in [-0.39, 0.29) is 23.9 Å². The normalized spacial score (nSPS) is 13.9. The third kappa shape index (κ3) is 4.73. The summed E-state index contributed by atoms with van der Waals surface area (Å²) in [6.45, 7) is 1.69. The number of methoxy groups -OCH3 is 1. The first kappa shape index (κ1) is 24.0. The van der Waals surface area contributed by atoms with Gasteiger partial charge in [0.15, 0.2) is 5.69 Å². The van der Waals surface area contributed by atoms with Crippen LogP contribution in [0, 0.1) is 0 Å². The maximum atomic E-state index is 12.9. The molecule has 0 saturated carbocycles. The summed E-state index contributed by atoms with van der Waals surface area (Å²) < 4.78 is 11.9. The summed E-state index contributed by atoms with van der Waals surface area (Å²) in [7, 11) is 2.85. The number of nitrogens with one attached hydrogen (secondary N) is 2. The van der Waals surface area contributed by atoms with E-state index in [1.807, 2.05) is 48.5 Å². The lowest BCUT2D eigenvalue weighted by Crippen LogP contribution is -2.51. The molecular formula is C25H26N4O6. The number of aryl methyl sites for hydroxylation is 1. The highest BCUT2D eigenvalue weighted by molar-refractivity contribution is 6.02. The van der Waals surface area contributed by atoms with Gasteiger partial charge in [0.05, 0.1) is 18.0 Å². The summed E-state index contributed by atoms with van der Waals surface area (Å²) >= 11 is 0. The Morgan fingerprint density at radius 3 is 2.26 bits per heavy atom. The van der Waals surface area contributed by atoms with Crippen molar-refractivity contribution in [2.75, 3.05) is 19.0 Å². The quantitative estimate of drug-likeness (QED) is 0.453. The van der Waals surface area contributed by atoms with Crippen molar-refractivity contribution in [3.05, 3.63) is 71.5 Å². The van der Waals surface area contributed by atoms with Crippen molar-refractivity contribution in [3.8, 4) is 11.1 Å². The Balaban J connectivity index is 1.45. The van der Waals surface area contributed by atoms with Crippen LogP contribution in [0.25, 0.3) is 11.1 Å². The van der Waals surface area contributed by atoms with Crippen molar-refractivity contribution in [3.63, 3.8) is 0 Å². The molecule has 3 N–H and O–H groups in total. The number of hydrogen-bond acceptors (Lipinski definition) is 6. The number of carboxylic acid groups (broad SMARTS) is 1. The third-order valence-corrected chi connectivity index (χ3v) is 6.14. The van der Waals surface area contributed by atoms with Crippen LogP contribution in [-0.2, 0) is 21.3 Å². The van der Waals surface area contributed by atoms with Gasteiger partial charge in [-0.05, 0) is 29.2 Å². The van der Waals surface area contributed by atoms with Crippen LogP contribution in [0.4, 0.5) is 10.5 Å². The minimum atomic E-state index is -1.25. The lowest BCUT2D eigenvalue weighted by Gasteiger charge is -2.23. The molecule has 3 aromatic rings. The highest BCUT2D eigenvalue weighted by atomic mass is 16.5. The maximum Gasteiger partial charge on any atom is 0.407 e. The molecule has 0 spiro atoms. The van der Waals surface area contributed by atoms with Crippen molar-refractivity contribution in [1.82, 2.24) is 15.1 Å². The monoisotopic (exact) mass is 478 g/mol. The van der Waals surface area contributed by atoms with E-state index < -0.39 is 30.1 Å². The molecule has 0 fully saturated rings. The second-order valence-electron chi connectivity index (χ2n) is 8.21. The number of rotatable bonds is 8. The zero-order valence-electron chi connectivity index (χ0n) is 19.5. The number of benzene rings is 2. The van der Waals surface area contributed by atoms with E-state index in [1.165, 1.54) is 20.4 Å². The molecule has 1 heterocycles. The van der Waals surface area contributed by atoms with E-state index >= 15 is 0 Å². The number of ether oxygens (including phenoxy) is 2. The molecule has 0 saturated heterocycles. The third-order valence-electron chi connectivity index (χ3n) is 6.14. The van der Waals surface area contributed by atoms with Gasteiger partial charge in [0, 0.05) is 20.1 Å². The zero-order valence-corrected chi connectivity index (χ0v) is 19.5. The van der Waals surface area contributed by atoms with E-state index in [9.17, 15) is 19.5 Å². The molecule has 2 aromatic carbocycles. The standard InChI is InChI=1S/C25H26N4O6/c1-14(34-3)21(23(30)27-20-12-26-29(2)22(20)24(31)32)28-25(33)35-13-19-17-10-6-4-8-15(17)16-9-5-7-11-18(16)19/h4-12,14,19,21H,13H2,1-3H3,(H,27,30)(H,28,33)(H,31,32)/t14-,21+/m1/s1. The predicted molar refractivity (Wildman–Crippen MR) is 127 cm³/mol. The maximum absolute atomic E-state index is 12.9. The Labute approximate surface area is 201 Å². The average Bonchev–Trinajstić information content (AvgIpc) is 3.38. The lowest BCUT2D eigenvalue weighted by molar-refractivity contribution is -0.121. The highest BCUT2D eigenvalue weighted by Gasteiger charge is 2.32. The number of carbonyl (C=O) groups is 3. The van der Waals surface area contributed by atoms with E-state index in [0.29, 0.717) is 0 Å². The molecular weight excluding hydrogens is 452 g/mol. The number of anilines is 1. The Hall–Kier alpha value is -4.18. The number of fused-ring (bicyclic) bond motifs is 3. The molecule has 2 atom stereocenters. The fourth-order valence-electron chi connectivity index (χ4n) is 4.29. The number of alkyl carbamates (subject to hydrolysis) is 1. The van der Waals surface area contributed by atoms with Gasteiger partial charge in [-0.2, -0.15) is 5.10 Å². The summed E-state index contributed by atoms with van der Waals surface area (Å²) in [5, 5.41) is 18.3. The highest BCUT2D eigenvalue weighted by Crippen LogP contribution is 2.44. The summed E-state index contributed by atoms with van der Waals surface area (Å²) in [6, 6.07) is 14.8. The van der Waals surface area contributed by atoms with E-state index in [4.69, 9.17) is 9.47 Å². The predicted octanol–water partition coefficient (Wildman–Crippen LogP) is 3.00. The molecule has 182 valence electrons. The number of carboxylic acids is 1. The second-order valence-corrected chi connectivity index (χ2v) is 8.21. The van der Waals surface area contributed by atoms with Gasteiger partial charge in [0.1, 0.15) is 12.6 Å². The Morgan fingerprint density at radius 2 is 1.69 bits per heavy atom. The average molecular weight is 479 g/mol. The summed E-state index contributed by atoms with van der Waals surface area (Å²) in [5.41, 5.74) is 4.16. The number of nitrogens with zero attached hydrogens (tertiary/aromatic N) is 2. The lowest BCUT2D eigenvalue weighted by atomic mass is 9.98. The molecule has 0 bridgehead atoms. The van der Waals surface area contributed by atoms with Crippen molar-refractivity contribution in [2.45, 2.75) is 25.0 Å². The molecule has 4 rings (SSSR count). The van der Waals surface area contributed by atoms with Crippen LogP contribution in [-0.4, -0.2) is 58.7 Å². The molecule has 1 aliphatic rings. The fraction of sp³-hybridized carbons (Fsp3) is 0.280. The molecule has 1 aromatic heterocycles. The molecule has 1 aliphatic carbocycles. The van der Waals surface area contributed by atoms with Gasteiger partial charge in [-0.3, -0.25) is 9.48 Å². The number of hydrogen-bond donors (Lipinski definition) is 3. The van der Waals surface area contributed by atoms with Gasteiger partial charge in [-0.15, -0.1) is 0 Å². The van der Waals surface area contributed by atoms with Crippen LogP contribution in [0.3, 0.4) is 0 Å². The molecule has 35 heavy (non-hydrogen) atoms. The zero-order chi connectivity index (χ0) is 25.1. The van der Waals surface area contributed by atoms with Crippen LogP contribution in [0.15, 0.2) is 54.7 Å². The molecule has 0 unspecified atom stereocenters. The first-order valence-corrected chi connectivity index (χ1v) is 11.0. The summed E-state index contributed by atoms with van der Waals surface area (Å²) in [5.74, 6) is -2.04. The van der Waals surface area contributed by atoms with Gasteiger partial charge in [0.25, 0.3) is 0 Å². The Bertz CT molecular complexity index is 1220. The molecule has 10 heteroatoms. The number of amides is 2. The largest absolute Gasteiger partial charge is 0.476 e. The van der Waals surface area contributed by atoms with Crippen molar-refractivity contribution in [2.24, 2.45) is 7.05 Å². The number of aromatic nitrogens is 2. The van der Waals surface area contributed by atoms with Crippen molar-refractivity contribution in [1.29, 1.82) is 0 Å². The van der Waals surface area contributed by atoms with Crippen LogP contribution >= 0.6 is 0 Å². The van der Waals surface area contributed by atoms with Gasteiger partial charge in [0.2, 0.25) is 5.91 Å². The molecule has 10 nitrogen and oxygen atoms in total. The minimum absolute atomic E-state index is 0.00707. The number of aromatic carboxylic acids is 1. The smallest absolute Gasteiger partial charge is 0.407 e. The van der Waals surface area contributed by atoms with Gasteiger partial charge in [-0.1, -0.05) is 48.5 Å². The minimum Gasteiger partial charge on any atom is -0.476 e. The molecule has 0 aliphatic heterocycles. The Kier molecular flexibility index (Phi) is 6.83. The van der Waals surface area contributed by atoms with Crippen LogP contribution in [0.1, 0.15) is 34.5 Å². The number of carbonyl (C=O) groups excluding carboxylic acids is 2. The topological polar surface area (TPSA) is 132 Å². The van der Waals surface area contributed by atoms with Crippen LogP contribution in [0.2, 0.25) is 0 Å². The molecule has 0 radical (unpaired) electrons. The van der Waals surface area contributed by atoms with E-state index in [0.717, 1.165) is 26.9 Å². The van der Waals surface area contributed by atoms with E-state index in [2.05, 4.69) is 15.7 Å². The van der Waals surface area contributed by atoms with Crippen molar-refractivity contribution >= 4 is 23.7 Å². The van der Waals surface area contributed by atoms with Crippen LogP contribution < -0.4 is 10.6 Å². The van der Waals surface area contributed by atoms with Gasteiger partial charge in [-0.25, -0.2) is 9.59 Å². The van der Waals surface area contributed by atoms with Crippen molar-refractivity contribution < 1.29 is 29.0 Å².